The molecule has 0 unspecified atom stereocenters. The number of hydrogen-bond acceptors (Lipinski definition) is 3. The van der Waals surface area contributed by atoms with Crippen LogP contribution in [0.15, 0.2) is 0 Å². The van der Waals surface area contributed by atoms with Crippen molar-refractivity contribution in [2.24, 2.45) is 5.92 Å². The minimum absolute atomic E-state index is 0.305. The molecule has 0 bridgehead atoms. The Labute approximate surface area is 113 Å². The summed E-state index contributed by atoms with van der Waals surface area (Å²) >= 11 is 0. The summed E-state index contributed by atoms with van der Waals surface area (Å²) in [5.41, 5.74) is 0.305. The zero-order valence-electron chi connectivity index (χ0n) is 12.5. The second-order valence-electron chi connectivity index (χ2n) is 6.88. The Balaban J connectivity index is 1.69. The van der Waals surface area contributed by atoms with E-state index in [1.807, 2.05) is 0 Å². The highest BCUT2D eigenvalue weighted by molar-refractivity contribution is 4.87. The topological polar surface area (TPSA) is 18.5 Å². The van der Waals surface area contributed by atoms with Gasteiger partial charge in [0.1, 0.15) is 0 Å². The van der Waals surface area contributed by atoms with Crippen LogP contribution in [0.4, 0.5) is 0 Å². The van der Waals surface area contributed by atoms with Crippen LogP contribution >= 0.6 is 0 Å². The number of nitrogens with zero attached hydrogens (tertiary/aromatic N) is 2. The average Bonchev–Trinajstić information content (AvgIpc) is 2.82. The van der Waals surface area contributed by atoms with Gasteiger partial charge in [0.25, 0.3) is 0 Å². The molecule has 1 heterocycles. The Bertz CT molecular complexity index is 238. The number of rotatable bonds is 5. The Morgan fingerprint density at radius 3 is 2.28 bits per heavy atom. The molecular weight excluding hydrogens is 222 g/mol. The van der Waals surface area contributed by atoms with Gasteiger partial charge < -0.3 is 10.2 Å². The van der Waals surface area contributed by atoms with E-state index < -0.39 is 0 Å². The normalized spacial score (nSPS) is 24.8. The van der Waals surface area contributed by atoms with E-state index >= 15 is 0 Å². The van der Waals surface area contributed by atoms with Gasteiger partial charge in [-0.3, -0.25) is 4.90 Å². The third kappa shape index (κ3) is 3.94. The van der Waals surface area contributed by atoms with E-state index in [9.17, 15) is 0 Å². The number of likely N-dealkylation sites (N-methyl/N-ethyl adjacent to an activating group) is 1. The van der Waals surface area contributed by atoms with E-state index in [1.165, 1.54) is 58.4 Å². The van der Waals surface area contributed by atoms with Crippen LogP contribution in [0, 0.1) is 5.92 Å². The number of nitrogens with one attached hydrogen (secondary N) is 1. The van der Waals surface area contributed by atoms with E-state index in [2.05, 4.69) is 36.0 Å². The van der Waals surface area contributed by atoms with Crippen molar-refractivity contribution in [2.45, 2.75) is 45.1 Å². The molecule has 0 aromatic rings. The fourth-order valence-corrected chi connectivity index (χ4v) is 3.32. The van der Waals surface area contributed by atoms with Gasteiger partial charge >= 0.3 is 0 Å². The molecule has 0 amide bonds. The second-order valence-corrected chi connectivity index (χ2v) is 6.88. The molecule has 1 saturated carbocycles. The summed E-state index contributed by atoms with van der Waals surface area (Å²) in [4.78, 5) is 5.08. The first-order valence-electron chi connectivity index (χ1n) is 7.72. The molecule has 3 heteroatoms. The van der Waals surface area contributed by atoms with Crippen LogP contribution < -0.4 is 5.32 Å². The molecule has 2 aliphatic rings. The molecule has 3 nitrogen and oxygen atoms in total. The second kappa shape index (κ2) is 6.36. The molecule has 1 N–H and O–H groups in total. The monoisotopic (exact) mass is 253 g/mol. The third-order valence-electron chi connectivity index (χ3n) is 4.82. The van der Waals surface area contributed by atoms with Gasteiger partial charge in [-0.1, -0.05) is 12.8 Å². The van der Waals surface area contributed by atoms with Gasteiger partial charge in [-0.25, -0.2) is 0 Å². The summed E-state index contributed by atoms with van der Waals surface area (Å²) in [5, 5.41) is 3.72. The average molecular weight is 253 g/mol. The SMILES string of the molecule is CN1CCN(C(C)(C)CNCC2CCCC2)CC1. The van der Waals surface area contributed by atoms with E-state index in [0.717, 1.165) is 12.5 Å². The lowest BCUT2D eigenvalue weighted by molar-refractivity contribution is 0.0614. The lowest BCUT2D eigenvalue weighted by atomic mass is 10.0. The standard InChI is InChI=1S/C15H31N3/c1-15(2,18-10-8-17(3)9-11-18)13-16-12-14-6-4-5-7-14/h14,16H,4-13H2,1-3H3. The van der Waals surface area contributed by atoms with Gasteiger partial charge in [0, 0.05) is 38.3 Å². The minimum atomic E-state index is 0.305. The summed E-state index contributed by atoms with van der Waals surface area (Å²) in [5.74, 6) is 0.952. The first-order chi connectivity index (χ1) is 8.58. The highest BCUT2D eigenvalue weighted by Gasteiger charge is 2.29. The maximum Gasteiger partial charge on any atom is 0.0278 e. The number of hydrogen-bond donors (Lipinski definition) is 1. The predicted octanol–water partition coefficient (Wildman–Crippen LogP) is 1.79. The fraction of sp³-hybridized carbons (Fsp3) is 1.00. The highest BCUT2D eigenvalue weighted by atomic mass is 15.3. The Hall–Kier alpha value is -0.120. The van der Waals surface area contributed by atoms with Gasteiger partial charge in [0.05, 0.1) is 0 Å². The Morgan fingerprint density at radius 2 is 1.67 bits per heavy atom. The molecule has 0 atom stereocenters. The van der Waals surface area contributed by atoms with Crippen LogP contribution in [0.1, 0.15) is 39.5 Å². The van der Waals surface area contributed by atoms with Crippen molar-refractivity contribution in [3.05, 3.63) is 0 Å². The van der Waals surface area contributed by atoms with E-state index in [4.69, 9.17) is 0 Å². The maximum atomic E-state index is 3.72. The van der Waals surface area contributed by atoms with E-state index in [0.29, 0.717) is 5.54 Å². The van der Waals surface area contributed by atoms with Gasteiger partial charge in [0.2, 0.25) is 0 Å². The van der Waals surface area contributed by atoms with Gasteiger partial charge in [-0.05, 0) is 46.2 Å². The maximum absolute atomic E-state index is 3.72. The largest absolute Gasteiger partial charge is 0.315 e. The van der Waals surface area contributed by atoms with Crippen LogP contribution in [-0.2, 0) is 0 Å². The van der Waals surface area contributed by atoms with Gasteiger partial charge in [-0.2, -0.15) is 0 Å². The third-order valence-corrected chi connectivity index (χ3v) is 4.82. The molecule has 1 aliphatic carbocycles. The zero-order chi connectivity index (χ0) is 13.0. The Kier molecular flexibility index (Phi) is 5.05. The molecule has 2 fully saturated rings. The molecule has 1 aliphatic heterocycles. The Morgan fingerprint density at radius 1 is 1.06 bits per heavy atom. The fourth-order valence-electron chi connectivity index (χ4n) is 3.32. The molecule has 0 aromatic carbocycles. The predicted molar refractivity (Wildman–Crippen MR) is 78.0 cm³/mol. The molecule has 1 saturated heterocycles. The van der Waals surface area contributed by atoms with Crippen molar-refractivity contribution >= 4 is 0 Å². The summed E-state index contributed by atoms with van der Waals surface area (Å²) in [6.07, 6.45) is 5.80. The van der Waals surface area contributed by atoms with Crippen LogP contribution in [0.5, 0.6) is 0 Å². The van der Waals surface area contributed by atoms with E-state index in [1.54, 1.807) is 0 Å². The summed E-state index contributed by atoms with van der Waals surface area (Å²) < 4.78 is 0. The quantitative estimate of drug-likeness (QED) is 0.806. The van der Waals surface area contributed by atoms with Crippen molar-refractivity contribution in [3.8, 4) is 0 Å². The zero-order valence-corrected chi connectivity index (χ0v) is 12.5. The summed E-state index contributed by atoms with van der Waals surface area (Å²) in [6, 6.07) is 0. The van der Waals surface area contributed by atoms with Crippen LogP contribution in [0.3, 0.4) is 0 Å². The van der Waals surface area contributed by atoms with Crippen molar-refractivity contribution < 1.29 is 0 Å². The summed E-state index contributed by atoms with van der Waals surface area (Å²) in [6.45, 7) is 12.0. The molecule has 0 radical (unpaired) electrons. The van der Waals surface area contributed by atoms with Crippen LogP contribution in [-0.4, -0.2) is 61.7 Å². The lowest BCUT2D eigenvalue weighted by Crippen LogP contribution is -2.57. The van der Waals surface area contributed by atoms with Crippen LogP contribution in [0.25, 0.3) is 0 Å². The van der Waals surface area contributed by atoms with Gasteiger partial charge in [-0.15, -0.1) is 0 Å². The molecule has 0 aromatic heterocycles. The highest BCUT2D eigenvalue weighted by Crippen LogP contribution is 2.24. The lowest BCUT2D eigenvalue weighted by Gasteiger charge is -2.43. The smallest absolute Gasteiger partial charge is 0.0278 e. The van der Waals surface area contributed by atoms with Gasteiger partial charge in [0.15, 0.2) is 0 Å². The molecule has 2 rings (SSSR count). The molecule has 106 valence electrons. The molecular formula is C15H31N3. The van der Waals surface area contributed by atoms with Crippen molar-refractivity contribution in [1.29, 1.82) is 0 Å². The number of piperazine rings is 1. The van der Waals surface area contributed by atoms with Crippen LogP contribution in [0.2, 0.25) is 0 Å². The van der Waals surface area contributed by atoms with Crippen molar-refractivity contribution in [3.63, 3.8) is 0 Å². The molecule has 18 heavy (non-hydrogen) atoms. The molecule has 0 spiro atoms. The first kappa shape index (κ1) is 14.3. The summed E-state index contributed by atoms with van der Waals surface area (Å²) in [7, 11) is 2.22. The minimum Gasteiger partial charge on any atom is -0.315 e. The van der Waals surface area contributed by atoms with E-state index in [-0.39, 0.29) is 0 Å². The van der Waals surface area contributed by atoms with Crippen molar-refractivity contribution in [1.82, 2.24) is 15.1 Å². The first-order valence-corrected chi connectivity index (χ1v) is 7.72. The van der Waals surface area contributed by atoms with Crippen molar-refractivity contribution in [2.75, 3.05) is 46.3 Å².